The fraction of sp³-hybridized carbons (Fsp3) is 1.00. The van der Waals surface area contributed by atoms with Crippen LogP contribution in [0, 0.1) is 0 Å². The lowest BCUT2D eigenvalue weighted by atomic mass is 9.77. The summed E-state index contributed by atoms with van der Waals surface area (Å²) in [7, 11) is 1.91. The van der Waals surface area contributed by atoms with Crippen molar-refractivity contribution in [2.75, 3.05) is 13.7 Å². The zero-order chi connectivity index (χ0) is 12.6. The normalized spacial score (nSPS) is 21.4. The van der Waals surface area contributed by atoms with Crippen LogP contribution in [0.2, 0.25) is 0 Å². The van der Waals surface area contributed by atoms with E-state index >= 15 is 0 Å². The molecule has 0 heterocycles. The van der Waals surface area contributed by atoms with Crippen LogP contribution in [0.1, 0.15) is 71.6 Å². The van der Waals surface area contributed by atoms with Crippen LogP contribution >= 0.6 is 0 Å². The lowest BCUT2D eigenvalue weighted by Gasteiger charge is -2.43. The van der Waals surface area contributed by atoms with E-state index in [1.165, 1.54) is 57.8 Å². The van der Waals surface area contributed by atoms with Crippen LogP contribution in [-0.2, 0) is 4.74 Å². The van der Waals surface area contributed by atoms with E-state index in [2.05, 4.69) is 19.2 Å². The number of hydrogen-bond donors (Lipinski definition) is 1. The fourth-order valence-electron chi connectivity index (χ4n) is 3.12. The Morgan fingerprint density at radius 1 is 1.12 bits per heavy atom. The van der Waals surface area contributed by atoms with Gasteiger partial charge in [-0.25, -0.2) is 0 Å². The highest BCUT2D eigenvalue weighted by atomic mass is 16.5. The Labute approximate surface area is 108 Å². The van der Waals surface area contributed by atoms with E-state index < -0.39 is 0 Å². The molecule has 0 amide bonds. The quantitative estimate of drug-likeness (QED) is 0.696. The molecule has 2 nitrogen and oxygen atoms in total. The average molecular weight is 241 g/mol. The highest BCUT2D eigenvalue weighted by Gasteiger charge is 2.39. The Kier molecular flexibility index (Phi) is 7.14. The molecular formula is C15H31NO. The maximum Gasteiger partial charge on any atom is 0.0830 e. The first-order valence-corrected chi connectivity index (χ1v) is 7.57. The minimum absolute atomic E-state index is 0.128. The van der Waals surface area contributed by atoms with Gasteiger partial charge in [-0.1, -0.05) is 46.0 Å². The number of hydrogen-bond acceptors (Lipinski definition) is 2. The Morgan fingerprint density at radius 2 is 1.82 bits per heavy atom. The summed E-state index contributed by atoms with van der Waals surface area (Å²) in [4.78, 5) is 0. The van der Waals surface area contributed by atoms with Gasteiger partial charge in [-0.05, 0) is 32.2 Å². The van der Waals surface area contributed by atoms with Gasteiger partial charge >= 0.3 is 0 Å². The number of methoxy groups -OCH3 is 1. The first-order valence-electron chi connectivity index (χ1n) is 7.57. The zero-order valence-corrected chi connectivity index (χ0v) is 12.1. The van der Waals surface area contributed by atoms with Crippen molar-refractivity contribution >= 4 is 0 Å². The third kappa shape index (κ3) is 4.26. The minimum Gasteiger partial charge on any atom is -0.377 e. The summed E-state index contributed by atoms with van der Waals surface area (Å²) in [5.74, 6) is 0. The average Bonchev–Trinajstić information content (AvgIpc) is 2.39. The Hall–Kier alpha value is -0.0800. The number of ether oxygens (including phenoxy) is 1. The van der Waals surface area contributed by atoms with Crippen molar-refractivity contribution in [1.29, 1.82) is 0 Å². The summed E-state index contributed by atoms with van der Waals surface area (Å²) in [6.07, 6.45) is 11.6. The maximum absolute atomic E-state index is 5.97. The molecule has 1 N–H and O–H groups in total. The largest absolute Gasteiger partial charge is 0.377 e. The van der Waals surface area contributed by atoms with Crippen LogP contribution in [0.5, 0.6) is 0 Å². The van der Waals surface area contributed by atoms with E-state index in [-0.39, 0.29) is 5.60 Å². The van der Waals surface area contributed by atoms with Crippen molar-refractivity contribution in [2.24, 2.45) is 0 Å². The molecule has 1 aliphatic rings. The van der Waals surface area contributed by atoms with Gasteiger partial charge in [0.15, 0.2) is 0 Å². The van der Waals surface area contributed by atoms with Gasteiger partial charge in [0.05, 0.1) is 5.60 Å². The van der Waals surface area contributed by atoms with Crippen molar-refractivity contribution in [3.63, 3.8) is 0 Å². The minimum atomic E-state index is 0.128. The summed E-state index contributed by atoms with van der Waals surface area (Å²) < 4.78 is 5.97. The number of rotatable bonds is 8. The van der Waals surface area contributed by atoms with Crippen LogP contribution in [0.15, 0.2) is 0 Å². The SMILES string of the molecule is CCCCC(NCCC)C1(OC)CCCCC1. The smallest absolute Gasteiger partial charge is 0.0830 e. The monoisotopic (exact) mass is 241 g/mol. The molecule has 0 saturated heterocycles. The summed E-state index contributed by atoms with van der Waals surface area (Å²) in [6, 6.07) is 0.563. The Balaban J connectivity index is 2.61. The van der Waals surface area contributed by atoms with Gasteiger partial charge in [0.1, 0.15) is 0 Å². The predicted octanol–water partition coefficient (Wildman–Crippen LogP) is 3.89. The van der Waals surface area contributed by atoms with Crippen molar-refractivity contribution in [3.05, 3.63) is 0 Å². The van der Waals surface area contributed by atoms with E-state index in [1.807, 2.05) is 7.11 Å². The molecule has 0 radical (unpaired) electrons. The van der Waals surface area contributed by atoms with Gasteiger partial charge in [0, 0.05) is 13.2 Å². The molecule has 102 valence electrons. The molecule has 1 unspecified atom stereocenters. The second kappa shape index (κ2) is 8.10. The van der Waals surface area contributed by atoms with Gasteiger partial charge < -0.3 is 10.1 Å². The lowest BCUT2D eigenvalue weighted by Crippen LogP contribution is -2.53. The first-order chi connectivity index (χ1) is 8.29. The van der Waals surface area contributed by atoms with Crippen LogP contribution < -0.4 is 5.32 Å². The van der Waals surface area contributed by atoms with E-state index in [0.717, 1.165) is 6.54 Å². The van der Waals surface area contributed by atoms with Crippen molar-refractivity contribution in [2.45, 2.75) is 83.3 Å². The molecule has 1 atom stereocenters. The molecule has 1 fully saturated rings. The van der Waals surface area contributed by atoms with Crippen molar-refractivity contribution in [1.82, 2.24) is 5.32 Å². The highest BCUT2D eigenvalue weighted by molar-refractivity contribution is 4.95. The van der Waals surface area contributed by atoms with E-state index in [1.54, 1.807) is 0 Å². The molecule has 1 aliphatic carbocycles. The van der Waals surface area contributed by atoms with Crippen molar-refractivity contribution < 1.29 is 4.74 Å². The van der Waals surface area contributed by atoms with Crippen LogP contribution in [0.25, 0.3) is 0 Å². The summed E-state index contributed by atoms with van der Waals surface area (Å²) in [6.45, 7) is 5.64. The predicted molar refractivity (Wildman–Crippen MR) is 74.4 cm³/mol. The lowest BCUT2D eigenvalue weighted by molar-refractivity contribution is -0.0696. The highest BCUT2D eigenvalue weighted by Crippen LogP contribution is 2.35. The van der Waals surface area contributed by atoms with Crippen LogP contribution in [-0.4, -0.2) is 25.3 Å². The molecule has 0 aliphatic heterocycles. The standard InChI is InChI=1S/C15H31NO/c1-4-6-10-14(16-13-5-2)15(17-3)11-8-7-9-12-15/h14,16H,4-13H2,1-3H3. The molecule has 0 spiro atoms. The Morgan fingerprint density at radius 3 is 2.35 bits per heavy atom. The van der Waals surface area contributed by atoms with Gasteiger partial charge in [-0.3, -0.25) is 0 Å². The molecule has 0 aromatic carbocycles. The molecule has 1 rings (SSSR count). The molecule has 17 heavy (non-hydrogen) atoms. The number of unbranched alkanes of at least 4 members (excludes halogenated alkanes) is 1. The van der Waals surface area contributed by atoms with E-state index in [0.29, 0.717) is 6.04 Å². The molecule has 2 heteroatoms. The topological polar surface area (TPSA) is 21.3 Å². The first kappa shape index (κ1) is 15.0. The van der Waals surface area contributed by atoms with E-state index in [9.17, 15) is 0 Å². The van der Waals surface area contributed by atoms with Crippen LogP contribution in [0.4, 0.5) is 0 Å². The molecular weight excluding hydrogens is 210 g/mol. The van der Waals surface area contributed by atoms with Gasteiger partial charge in [-0.15, -0.1) is 0 Å². The fourth-order valence-corrected chi connectivity index (χ4v) is 3.12. The summed E-state index contributed by atoms with van der Waals surface area (Å²) >= 11 is 0. The molecule has 0 aromatic heterocycles. The maximum atomic E-state index is 5.97. The van der Waals surface area contributed by atoms with E-state index in [4.69, 9.17) is 4.74 Å². The third-order valence-corrected chi connectivity index (χ3v) is 4.23. The second-order valence-corrected chi connectivity index (χ2v) is 5.48. The Bertz CT molecular complexity index is 179. The van der Waals surface area contributed by atoms with Crippen molar-refractivity contribution in [3.8, 4) is 0 Å². The van der Waals surface area contributed by atoms with Gasteiger partial charge in [0.2, 0.25) is 0 Å². The molecule has 1 saturated carbocycles. The second-order valence-electron chi connectivity index (χ2n) is 5.48. The van der Waals surface area contributed by atoms with Gasteiger partial charge in [0.25, 0.3) is 0 Å². The number of nitrogens with one attached hydrogen (secondary N) is 1. The van der Waals surface area contributed by atoms with Crippen LogP contribution in [0.3, 0.4) is 0 Å². The van der Waals surface area contributed by atoms with Gasteiger partial charge in [-0.2, -0.15) is 0 Å². The summed E-state index contributed by atoms with van der Waals surface area (Å²) in [5.41, 5.74) is 0.128. The summed E-state index contributed by atoms with van der Waals surface area (Å²) in [5, 5.41) is 3.74. The molecule has 0 bridgehead atoms. The zero-order valence-electron chi connectivity index (χ0n) is 12.1. The molecule has 0 aromatic rings. The third-order valence-electron chi connectivity index (χ3n) is 4.23.